The molecule has 2 rings (SSSR count). The molecule has 2 aromatic rings. The molecule has 0 aliphatic carbocycles. The molecule has 0 bridgehead atoms. The molecule has 0 radical (unpaired) electrons. The van der Waals surface area contributed by atoms with Gasteiger partial charge < -0.3 is 10.5 Å². The molecule has 0 unspecified atom stereocenters. The van der Waals surface area contributed by atoms with Gasteiger partial charge >= 0.3 is 0 Å². The highest BCUT2D eigenvalue weighted by Gasteiger charge is 2.24. The van der Waals surface area contributed by atoms with E-state index >= 15 is 0 Å². The smallest absolute Gasteiger partial charge is 0.205 e. The third-order valence-corrected chi connectivity index (χ3v) is 2.93. The number of aromatic nitrogens is 2. The van der Waals surface area contributed by atoms with Crippen LogP contribution >= 0.6 is 0 Å². The number of nitrogen functional groups attached to an aromatic ring is 1. The van der Waals surface area contributed by atoms with Crippen molar-refractivity contribution in [3.63, 3.8) is 0 Å². The first-order valence-corrected chi connectivity index (χ1v) is 6.17. The second-order valence-electron chi connectivity index (χ2n) is 4.21. The number of carbonyl (C=O) groups excluding carboxylic acids is 1. The van der Waals surface area contributed by atoms with Gasteiger partial charge in [-0.1, -0.05) is 6.92 Å². The van der Waals surface area contributed by atoms with Crippen molar-refractivity contribution in [2.45, 2.75) is 13.3 Å². The minimum Gasteiger partial charge on any atom is -0.496 e. The Hall–Kier alpha value is -2.57. The summed E-state index contributed by atoms with van der Waals surface area (Å²) in [4.78, 5) is 20.3. The summed E-state index contributed by atoms with van der Waals surface area (Å²) in [5.41, 5.74) is 5.05. The van der Waals surface area contributed by atoms with Gasteiger partial charge in [0.2, 0.25) is 5.78 Å². The summed E-state index contributed by atoms with van der Waals surface area (Å²) in [7, 11) is 1.25. The number of methoxy groups -OCH3 is 1. The Labute approximate surface area is 119 Å². The van der Waals surface area contributed by atoms with Crippen LogP contribution in [-0.4, -0.2) is 22.9 Å². The van der Waals surface area contributed by atoms with Crippen LogP contribution in [0.2, 0.25) is 0 Å². The fraction of sp³-hybridized carbons (Fsp3) is 0.214. The van der Waals surface area contributed by atoms with Gasteiger partial charge in [-0.3, -0.25) is 4.79 Å². The highest BCUT2D eigenvalue weighted by molar-refractivity contribution is 6.13. The number of benzene rings is 1. The molecular formula is C14H13F2N3O2. The van der Waals surface area contributed by atoms with Gasteiger partial charge in [-0.2, -0.15) is 0 Å². The van der Waals surface area contributed by atoms with E-state index in [9.17, 15) is 13.6 Å². The zero-order valence-electron chi connectivity index (χ0n) is 11.5. The van der Waals surface area contributed by atoms with Crippen molar-refractivity contribution >= 4 is 11.6 Å². The van der Waals surface area contributed by atoms with Gasteiger partial charge in [0.05, 0.1) is 12.7 Å². The molecule has 21 heavy (non-hydrogen) atoms. The quantitative estimate of drug-likeness (QED) is 0.874. The van der Waals surface area contributed by atoms with Crippen LogP contribution in [0.1, 0.15) is 28.7 Å². The number of hydrogen-bond donors (Lipinski definition) is 1. The summed E-state index contributed by atoms with van der Waals surface area (Å²) in [6.45, 7) is 1.82. The summed E-state index contributed by atoms with van der Waals surface area (Å²) in [6.07, 6.45) is 1.74. The Bertz CT molecular complexity index is 705. The third-order valence-electron chi connectivity index (χ3n) is 2.93. The number of nitrogens with two attached hydrogens (primary N) is 1. The Morgan fingerprint density at radius 3 is 2.67 bits per heavy atom. The monoisotopic (exact) mass is 293 g/mol. The van der Waals surface area contributed by atoms with Crippen LogP contribution in [0.4, 0.5) is 14.6 Å². The number of carbonyl (C=O) groups is 1. The van der Waals surface area contributed by atoms with Crippen molar-refractivity contribution in [1.29, 1.82) is 0 Å². The summed E-state index contributed by atoms with van der Waals surface area (Å²) < 4.78 is 32.1. The topological polar surface area (TPSA) is 78.1 Å². The molecule has 1 aromatic heterocycles. The zero-order chi connectivity index (χ0) is 15.6. The number of anilines is 1. The van der Waals surface area contributed by atoms with Gasteiger partial charge in [-0.05, 0) is 12.1 Å². The van der Waals surface area contributed by atoms with Crippen LogP contribution < -0.4 is 10.5 Å². The van der Waals surface area contributed by atoms with Crippen LogP contribution in [0.3, 0.4) is 0 Å². The maximum absolute atomic E-state index is 13.9. The maximum Gasteiger partial charge on any atom is 0.205 e. The molecule has 0 aliphatic heterocycles. The fourth-order valence-electron chi connectivity index (χ4n) is 1.83. The van der Waals surface area contributed by atoms with Crippen LogP contribution in [-0.2, 0) is 6.42 Å². The molecule has 0 saturated heterocycles. The molecule has 1 heterocycles. The lowest BCUT2D eigenvalue weighted by Gasteiger charge is -2.10. The van der Waals surface area contributed by atoms with Crippen molar-refractivity contribution in [2.75, 3.05) is 12.8 Å². The highest BCUT2D eigenvalue weighted by Crippen LogP contribution is 2.27. The number of halogens is 2. The second kappa shape index (κ2) is 5.82. The summed E-state index contributed by atoms with van der Waals surface area (Å²) in [6, 6.07) is 2.05. The van der Waals surface area contributed by atoms with E-state index in [1.807, 2.05) is 6.92 Å². The van der Waals surface area contributed by atoms with Gasteiger partial charge in [0.25, 0.3) is 0 Å². The van der Waals surface area contributed by atoms with Crippen molar-refractivity contribution in [3.8, 4) is 5.75 Å². The first-order chi connectivity index (χ1) is 9.99. The molecular weight excluding hydrogens is 280 g/mol. The molecule has 2 N–H and O–H groups in total. The summed E-state index contributed by atoms with van der Waals surface area (Å²) >= 11 is 0. The number of nitrogens with zero attached hydrogens (tertiary/aromatic N) is 2. The van der Waals surface area contributed by atoms with Gasteiger partial charge in [-0.15, -0.1) is 0 Å². The normalized spacial score (nSPS) is 10.5. The average molecular weight is 293 g/mol. The minimum atomic E-state index is -1.29. The lowest BCUT2D eigenvalue weighted by atomic mass is 10.0. The number of ketones is 1. The van der Waals surface area contributed by atoms with E-state index in [1.165, 1.54) is 19.4 Å². The lowest BCUT2D eigenvalue weighted by molar-refractivity contribution is 0.103. The molecule has 0 fully saturated rings. The first kappa shape index (κ1) is 14.8. The van der Waals surface area contributed by atoms with E-state index < -0.39 is 23.0 Å². The largest absolute Gasteiger partial charge is 0.496 e. The van der Waals surface area contributed by atoms with Gasteiger partial charge in [-0.25, -0.2) is 18.7 Å². The molecule has 7 heteroatoms. The Morgan fingerprint density at radius 1 is 1.38 bits per heavy atom. The predicted molar refractivity (Wildman–Crippen MR) is 72.2 cm³/mol. The zero-order valence-corrected chi connectivity index (χ0v) is 11.5. The Kier molecular flexibility index (Phi) is 4.11. The summed E-state index contributed by atoms with van der Waals surface area (Å²) in [5.74, 6) is -2.99. The van der Waals surface area contributed by atoms with E-state index in [0.717, 1.165) is 6.07 Å². The van der Waals surface area contributed by atoms with Crippen LogP contribution in [0.15, 0.2) is 18.3 Å². The number of rotatable bonds is 4. The number of aryl methyl sites for hydroxylation is 1. The van der Waals surface area contributed by atoms with Crippen LogP contribution in [0.25, 0.3) is 0 Å². The van der Waals surface area contributed by atoms with Crippen molar-refractivity contribution in [2.24, 2.45) is 0 Å². The van der Waals surface area contributed by atoms with E-state index in [4.69, 9.17) is 10.5 Å². The number of ether oxygens (including phenoxy) is 1. The standard InChI is InChI=1S/C14H13F2N3O2/c1-3-10-18-6-7(14(17)19-10)13(20)11-9(21-2)5-4-8(15)12(11)16/h4-6H,3H2,1-2H3,(H2,17,18,19). The molecule has 0 spiro atoms. The molecule has 0 amide bonds. The molecule has 1 aromatic carbocycles. The molecule has 5 nitrogen and oxygen atoms in total. The third kappa shape index (κ3) is 2.67. The Morgan fingerprint density at radius 2 is 2.10 bits per heavy atom. The fourth-order valence-corrected chi connectivity index (χ4v) is 1.83. The maximum atomic E-state index is 13.9. The Balaban J connectivity index is 2.57. The second-order valence-corrected chi connectivity index (χ2v) is 4.21. The van der Waals surface area contributed by atoms with Gasteiger partial charge in [0, 0.05) is 12.6 Å². The van der Waals surface area contributed by atoms with Crippen molar-refractivity contribution in [3.05, 3.63) is 46.9 Å². The van der Waals surface area contributed by atoms with E-state index in [1.54, 1.807) is 0 Å². The van der Waals surface area contributed by atoms with E-state index in [-0.39, 0.29) is 17.1 Å². The van der Waals surface area contributed by atoms with Crippen molar-refractivity contribution in [1.82, 2.24) is 9.97 Å². The van der Waals surface area contributed by atoms with Crippen molar-refractivity contribution < 1.29 is 18.3 Å². The molecule has 110 valence electrons. The average Bonchev–Trinajstić information content (AvgIpc) is 2.49. The minimum absolute atomic E-state index is 0.0853. The van der Waals surface area contributed by atoms with E-state index in [0.29, 0.717) is 12.2 Å². The molecule has 0 saturated carbocycles. The van der Waals surface area contributed by atoms with Crippen LogP contribution in [0, 0.1) is 11.6 Å². The predicted octanol–water partition coefficient (Wildman–Crippen LogP) is 2.14. The lowest BCUT2D eigenvalue weighted by Crippen LogP contribution is -2.13. The molecule has 0 aliphatic rings. The van der Waals surface area contributed by atoms with Gasteiger partial charge in [0.1, 0.15) is 23.0 Å². The molecule has 0 atom stereocenters. The number of hydrogen-bond acceptors (Lipinski definition) is 5. The van der Waals surface area contributed by atoms with Crippen LogP contribution in [0.5, 0.6) is 5.75 Å². The first-order valence-electron chi connectivity index (χ1n) is 6.17. The van der Waals surface area contributed by atoms with Gasteiger partial charge in [0.15, 0.2) is 11.6 Å². The SMILES string of the molecule is CCc1ncc(C(=O)c2c(OC)ccc(F)c2F)c(N)n1. The highest BCUT2D eigenvalue weighted by atomic mass is 19.2. The summed E-state index contributed by atoms with van der Waals surface area (Å²) in [5, 5.41) is 0. The van der Waals surface area contributed by atoms with E-state index in [2.05, 4.69) is 9.97 Å².